The Kier molecular flexibility index (Phi) is 3.26. The van der Waals surface area contributed by atoms with Gasteiger partial charge in [-0.1, -0.05) is 18.2 Å². The van der Waals surface area contributed by atoms with Crippen molar-refractivity contribution in [1.82, 2.24) is 14.6 Å². The van der Waals surface area contributed by atoms with E-state index in [-0.39, 0.29) is 12.0 Å². The summed E-state index contributed by atoms with van der Waals surface area (Å²) in [7, 11) is 0. The molecule has 0 amide bonds. The molecule has 0 unspecified atom stereocenters. The van der Waals surface area contributed by atoms with Crippen LogP contribution in [0.4, 0.5) is 13.2 Å². The maximum absolute atomic E-state index is 12.8. The van der Waals surface area contributed by atoms with Crippen LogP contribution in [0.25, 0.3) is 5.65 Å². The molecule has 0 spiro atoms. The second kappa shape index (κ2) is 5.22. The molecule has 3 aromatic rings. The van der Waals surface area contributed by atoms with E-state index in [9.17, 15) is 18.0 Å². The molecule has 1 fully saturated rings. The lowest BCUT2D eigenvalue weighted by Gasteiger charge is -2.08. The number of nitrogens with zero attached hydrogens (tertiary/aromatic N) is 2. The Hall–Kier alpha value is -2.57. The summed E-state index contributed by atoms with van der Waals surface area (Å²) in [6.07, 6.45) is -2.01. The predicted octanol–water partition coefficient (Wildman–Crippen LogP) is 3.51. The number of hydrogen-bond donors (Lipinski definition) is 1. The molecule has 1 aliphatic carbocycles. The Morgan fingerprint density at radius 2 is 2.00 bits per heavy atom. The minimum atomic E-state index is -4.38. The first-order chi connectivity index (χ1) is 11.4. The Morgan fingerprint density at radius 3 is 2.71 bits per heavy atom. The molecule has 124 valence electrons. The normalized spacial score (nSPS) is 15.1. The molecule has 0 atom stereocenters. The third kappa shape index (κ3) is 2.81. The molecule has 2 heterocycles. The van der Waals surface area contributed by atoms with Gasteiger partial charge in [-0.25, -0.2) is 9.50 Å². The van der Waals surface area contributed by atoms with Crippen molar-refractivity contribution < 1.29 is 13.2 Å². The number of H-pyrrole nitrogens is 1. The molecule has 7 heteroatoms. The van der Waals surface area contributed by atoms with Crippen molar-refractivity contribution in [2.24, 2.45) is 0 Å². The molecule has 0 radical (unpaired) electrons. The van der Waals surface area contributed by atoms with Crippen LogP contribution in [0.1, 0.15) is 41.3 Å². The van der Waals surface area contributed by atoms with E-state index in [1.54, 1.807) is 6.07 Å². The number of fused-ring (bicyclic) bond motifs is 1. The predicted molar refractivity (Wildman–Crippen MR) is 82.0 cm³/mol. The van der Waals surface area contributed by atoms with Gasteiger partial charge in [0.25, 0.3) is 5.56 Å². The number of alkyl halides is 3. The quantitative estimate of drug-likeness (QED) is 0.797. The van der Waals surface area contributed by atoms with Crippen LogP contribution < -0.4 is 5.56 Å². The maximum atomic E-state index is 12.8. The fraction of sp³-hybridized carbons (Fsp3) is 0.294. The number of rotatable bonds is 3. The van der Waals surface area contributed by atoms with Crippen molar-refractivity contribution in [1.29, 1.82) is 0 Å². The summed E-state index contributed by atoms with van der Waals surface area (Å²) in [6, 6.07) is 8.30. The zero-order chi connectivity index (χ0) is 16.9. The summed E-state index contributed by atoms with van der Waals surface area (Å²) in [4.78, 5) is 16.6. The average molecular weight is 333 g/mol. The molecule has 4 rings (SSSR count). The molecule has 1 N–H and O–H groups in total. The van der Waals surface area contributed by atoms with Crippen LogP contribution in [0, 0.1) is 0 Å². The smallest absolute Gasteiger partial charge is 0.293 e. The minimum Gasteiger partial charge on any atom is -0.293 e. The van der Waals surface area contributed by atoms with E-state index >= 15 is 0 Å². The third-order valence-corrected chi connectivity index (χ3v) is 4.18. The molecule has 1 aliphatic rings. The van der Waals surface area contributed by atoms with Crippen LogP contribution in [0.5, 0.6) is 0 Å². The zero-order valence-electron chi connectivity index (χ0n) is 12.6. The summed E-state index contributed by atoms with van der Waals surface area (Å²) in [6.45, 7) is 0. The van der Waals surface area contributed by atoms with Gasteiger partial charge in [-0.05, 0) is 24.5 Å². The van der Waals surface area contributed by atoms with Gasteiger partial charge >= 0.3 is 6.18 Å². The van der Waals surface area contributed by atoms with Gasteiger partial charge in [0.1, 0.15) is 0 Å². The van der Waals surface area contributed by atoms with Crippen molar-refractivity contribution in [3.05, 3.63) is 69.3 Å². The summed E-state index contributed by atoms with van der Waals surface area (Å²) in [5.41, 5.74) is 1.46. The Bertz CT molecular complexity index is 967. The highest BCUT2D eigenvalue weighted by atomic mass is 19.4. The second-order valence-corrected chi connectivity index (χ2v) is 6.14. The van der Waals surface area contributed by atoms with E-state index in [1.165, 1.54) is 16.6 Å². The van der Waals surface area contributed by atoms with E-state index in [1.807, 2.05) is 6.07 Å². The summed E-state index contributed by atoms with van der Waals surface area (Å²) >= 11 is 0. The number of halogens is 3. The van der Waals surface area contributed by atoms with E-state index in [0.717, 1.165) is 30.7 Å². The van der Waals surface area contributed by atoms with E-state index in [2.05, 4.69) is 10.1 Å². The van der Waals surface area contributed by atoms with Gasteiger partial charge in [-0.3, -0.25) is 9.89 Å². The minimum absolute atomic E-state index is 0.180. The van der Waals surface area contributed by atoms with Crippen molar-refractivity contribution in [2.75, 3.05) is 0 Å². The second-order valence-electron chi connectivity index (χ2n) is 6.14. The fourth-order valence-corrected chi connectivity index (χ4v) is 2.82. The highest BCUT2D eigenvalue weighted by Crippen LogP contribution is 2.39. The monoisotopic (exact) mass is 333 g/mol. The van der Waals surface area contributed by atoms with E-state index in [0.29, 0.717) is 22.8 Å². The van der Waals surface area contributed by atoms with Gasteiger partial charge < -0.3 is 0 Å². The molecular weight excluding hydrogens is 319 g/mol. The molecule has 1 aromatic carbocycles. The number of nitrogens with one attached hydrogen (secondary N) is 1. The molecule has 0 aliphatic heterocycles. The van der Waals surface area contributed by atoms with Crippen molar-refractivity contribution >= 4 is 5.65 Å². The molecule has 24 heavy (non-hydrogen) atoms. The van der Waals surface area contributed by atoms with Crippen molar-refractivity contribution in [3.63, 3.8) is 0 Å². The number of benzene rings is 1. The summed E-state index contributed by atoms with van der Waals surface area (Å²) in [5, 5.41) is 3.04. The molecule has 2 aromatic heterocycles. The molecule has 0 saturated heterocycles. The van der Waals surface area contributed by atoms with Gasteiger partial charge in [0, 0.05) is 30.2 Å². The van der Waals surface area contributed by atoms with E-state index < -0.39 is 11.7 Å². The standard InChI is InChI=1S/C17H14F3N3O/c18-17(19,20)12-3-1-2-10(6-12)7-13-8-16(24)23-15(21-13)9-14(22-23)11-4-5-11/h1-3,6,8-9,11,22H,4-5,7H2. The zero-order valence-corrected chi connectivity index (χ0v) is 12.6. The van der Waals surface area contributed by atoms with Gasteiger partial charge in [-0.2, -0.15) is 13.2 Å². The van der Waals surface area contributed by atoms with Gasteiger partial charge in [0.15, 0.2) is 5.65 Å². The topological polar surface area (TPSA) is 50.2 Å². The van der Waals surface area contributed by atoms with Crippen molar-refractivity contribution in [2.45, 2.75) is 31.4 Å². The number of aromatic amines is 1. The molecule has 1 saturated carbocycles. The molecule has 0 bridgehead atoms. The van der Waals surface area contributed by atoms with Crippen LogP contribution in [0.2, 0.25) is 0 Å². The lowest BCUT2D eigenvalue weighted by Crippen LogP contribution is -2.16. The van der Waals surface area contributed by atoms with Crippen molar-refractivity contribution in [3.8, 4) is 0 Å². The first-order valence-corrected chi connectivity index (χ1v) is 7.68. The van der Waals surface area contributed by atoms with Crippen LogP contribution in [-0.2, 0) is 12.6 Å². The summed E-state index contributed by atoms with van der Waals surface area (Å²) < 4.78 is 39.7. The first kappa shape index (κ1) is 15.0. The van der Waals surface area contributed by atoms with Crippen LogP contribution in [0.3, 0.4) is 0 Å². The maximum Gasteiger partial charge on any atom is 0.416 e. The highest BCUT2D eigenvalue weighted by Gasteiger charge is 2.30. The third-order valence-electron chi connectivity index (χ3n) is 4.18. The fourth-order valence-electron chi connectivity index (χ4n) is 2.82. The van der Waals surface area contributed by atoms with Crippen LogP contribution in [0.15, 0.2) is 41.2 Å². The Morgan fingerprint density at radius 1 is 1.21 bits per heavy atom. The Balaban J connectivity index is 1.68. The Labute approximate surface area is 134 Å². The van der Waals surface area contributed by atoms with Crippen LogP contribution in [-0.4, -0.2) is 14.6 Å². The van der Waals surface area contributed by atoms with Gasteiger partial charge in [0.05, 0.1) is 11.3 Å². The van der Waals surface area contributed by atoms with Gasteiger partial charge in [-0.15, -0.1) is 0 Å². The number of aromatic nitrogens is 3. The first-order valence-electron chi connectivity index (χ1n) is 7.68. The SMILES string of the molecule is O=c1cc(Cc2cccc(C(F)(F)F)c2)nc2cc(C3CC3)[nH]n12. The van der Waals surface area contributed by atoms with Crippen LogP contribution >= 0.6 is 0 Å². The lowest BCUT2D eigenvalue weighted by atomic mass is 10.1. The molecular formula is C17H14F3N3O. The van der Waals surface area contributed by atoms with Gasteiger partial charge in [0.2, 0.25) is 0 Å². The lowest BCUT2D eigenvalue weighted by molar-refractivity contribution is -0.137. The van der Waals surface area contributed by atoms with E-state index in [4.69, 9.17) is 0 Å². The largest absolute Gasteiger partial charge is 0.416 e. The average Bonchev–Trinajstić information content (AvgIpc) is 3.27. The molecule has 4 nitrogen and oxygen atoms in total. The number of hydrogen-bond acceptors (Lipinski definition) is 2. The summed E-state index contributed by atoms with van der Waals surface area (Å²) in [5.74, 6) is 0.456. The highest BCUT2D eigenvalue weighted by molar-refractivity contribution is 5.42.